The molecule has 0 heterocycles. The number of nitrogens with zero attached hydrogens (tertiary/aromatic N) is 1. The lowest BCUT2D eigenvalue weighted by atomic mass is 9.95. The van der Waals surface area contributed by atoms with E-state index >= 15 is 0 Å². The molecule has 0 aliphatic heterocycles. The van der Waals surface area contributed by atoms with Crippen molar-refractivity contribution in [1.29, 1.82) is 0 Å². The minimum Gasteiger partial charge on any atom is -0.360 e. The third kappa shape index (κ3) is 3.43. The van der Waals surface area contributed by atoms with Gasteiger partial charge < -0.3 is 10.2 Å². The fraction of sp³-hybridized carbons (Fsp3) is 0.409. The maximum absolute atomic E-state index is 5.82. The van der Waals surface area contributed by atoms with Gasteiger partial charge in [-0.1, -0.05) is 67.1 Å². The number of benzene rings is 2. The quantitative estimate of drug-likeness (QED) is 0.800. The first kappa shape index (κ1) is 16.6. The number of thiocarbonyl (C=S) groups is 1. The van der Waals surface area contributed by atoms with Gasteiger partial charge in [0.05, 0.1) is 6.04 Å². The van der Waals surface area contributed by atoms with E-state index in [-0.39, 0.29) is 6.04 Å². The zero-order valence-electron chi connectivity index (χ0n) is 14.8. The van der Waals surface area contributed by atoms with Crippen LogP contribution in [0, 0.1) is 11.8 Å². The van der Waals surface area contributed by atoms with Crippen molar-refractivity contribution in [1.82, 2.24) is 10.2 Å². The van der Waals surface area contributed by atoms with E-state index in [2.05, 4.69) is 77.9 Å². The molecule has 2 aromatic rings. The van der Waals surface area contributed by atoms with Crippen LogP contribution in [0.25, 0.3) is 0 Å². The fourth-order valence-electron chi connectivity index (χ4n) is 4.71. The van der Waals surface area contributed by atoms with Crippen molar-refractivity contribution in [3.05, 3.63) is 71.8 Å². The second kappa shape index (κ2) is 7.17. The van der Waals surface area contributed by atoms with Crippen LogP contribution < -0.4 is 5.32 Å². The molecule has 2 bridgehead atoms. The number of fused-ring (bicyclic) bond motifs is 2. The van der Waals surface area contributed by atoms with Crippen LogP contribution in [0.15, 0.2) is 60.7 Å². The summed E-state index contributed by atoms with van der Waals surface area (Å²) in [6.45, 7) is 0. The van der Waals surface area contributed by atoms with E-state index in [1.165, 1.54) is 36.8 Å². The molecule has 0 saturated heterocycles. The van der Waals surface area contributed by atoms with Gasteiger partial charge in [0, 0.05) is 13.1 Å². The molecule has 130 valence electrons. The van der Waals surface area contributed by atoms with Crippen LogP contribution in [0.2, 0.25) is 0 Å². The second-order valence-electron chi connectivity index (χ2n) is 7.57. The molecule has 2 aliphatic rings. The van der Waals surface area contributed by atoms with Gasteiger partial charge in [-0.25, -0.2) is 0 Å². The maximum Gasteiger partial charge on any atom is 0.169 e. The summed E-state index contributed by atoms with van der Waals surface area (Å²) in [5.74, 6) is 1.75. The predicted molar refractivity (Wildman–Crippen MR) is 107 cm³/mol. The van der Waals surface area contributed by atoms with Crippen LogP contribution in [0.1, 0.15) is 42.9 Å². The zero-order valence-corrected chi connectivity index (χ0v) is 15.6. The van der Waals surface area contributed by atoms with Gasteiger partial charge in [0.25, 0.3) is 0 Å². The van der Waals surface area contributed by atoms with Gasteiger partial charge in [0.15, 0.2) is 5.11 Å². The van der Waals surface area contributed by atoms with Crippen LogP contribution in [-0.4, -0.2) is 23.1 Å². The standard InChI is InChI=1S/C22H26N2S/c1-24(22(25)23-20-15-16-12-13-19(20)14-16)21(17-8-4-2-5-9-17)18-10-6-3-7-11-18/h2-11,16,19-21H,12-15H2,1H3,(H,23,25). The van der Waals surface area contributed by atoms with Gasteiger partial charge in [-0.05, 0) is 54.4 Å². The Balaban J connectivity index is 1.55. The van der Waals surface area contributed by atoms with Crippen LogP contribution in [0.4, 0.5) is 0 Å². The number of hydrogen-bond donors (Lipinski definition) is 1. The van der Waals surface area contributed by atoms with Crippen molar-refractivity contribution in [3.63, 3.8) is 0 Å². The van der Waals surface area contributed by atoms with E-state index in [4.69, 9.17) is 12.2 Å². The van der Waals surface area contributed by atoms with E-state index in [9.17, 15) is 0 Å². The van der Waals surface area contributed by atoms with Crippen molar-refractivity contribution in [2.24, 2.45) is 11.8 Å². The molecule has 3 atom stereocenters. The number of rotatable bonds is 4. The summed E-state index contributed by atoms with van der Waals surface area (Å²) < 4.78 is 0. The van der Waals surface area contributed by atoms with Gasteiger partial charge in [-0.3, -0.25) is 0 Å². The lowest BCUT2D eigenvalue weighted by Crippen LogP contribution is -2.46. The minimum atomic E-state index is 0.140. The lowest BCUT2D eigenvalue weighted by molar-refractivity contribution is 0.360. The topological polar surface area (TPSA) is 15.3 Å². The molecule has 2 saturated carbocycles. The summed E-state index contributed by atoms with van der Waals surface area (Å²) in [6, 6.07) is 22.0. The van der Waals surface area contributed by atoms with Gasteiger partial charge >= 0.3 is 0 Å². The van der Waals surface area contributed by atoms with E-state index in [1.54, 1.807) is 0 Å². The first-order chi connectivity index (χ1) is 12.2. The molecule has 2 fully saturated rings. The molecule has 0 spiro atoms. The van der Waals surface area contributed by atoms with Crippen LogP contribution >= 0.6 is 12.2 Å². The molecule has 0 aromatic heterocycles. The normalized spacial score (nSPS) is 24.5. The molecule has 4 rings (SSSR count). The molecule has 2 nitrogen and oxygen atoms in total. The SMILES string of the molecule is CN(C(=S)NC1CC2CCC1C2)C(c1ccccc1)c1ccccc1. The Bertz CT molecular complexity index is 676. The lowest BCUT2D eigenvalue weighted by Gasteiger charge is -2.34. The van der Waals surface area contributed by atoms with E-state index < -0.39 is 0 Å². The number of nitrogens with one attached hydrogen (secondary N) is 1. The molecule has 1 N–H and O–H groups in total. The highest BCUT2D eigenvalue weighted by Crippen LogP contribution is 2.44. The van der Waals surface area contributed by atoms with Crippen molar-refractivity contribution in [2.45, 2.75) is 37.8 Å². The zero-order chi connectivity index (χ0) is 17.2. The summed E-state index contributed by atoms with van der Waals surface area (Å²) >= 11 is 5.82. The molecule has 3 unspecified atom stereocenters. The molecule has 0 radical (unpaired) electrons. The molecule has 3 heteroatoms. The maximum atomic E-state index is 5.82. The Morgan fingerprint density at radius 3 is 2.04 bits per heavy atom. The van der Waals surface area contributed by atoms with Crippen molar-refractivity contribution >= 4 is 17.3 Å². The molecule has 0 amide bonds. The molecule has 2 aliphatic carbocycles. The van der Waals surface area contributed by atoms with E-state index in [0.29, 0.717) is 6.04 Å². The molecule has 25 heavy (non-hydrogen) atoms. The average Bonchev–Trinajstić information content (AvgIpc) is 3.27. The Hall–Kier alpha value is -1.87. The fourth-order valence-corrected chi connectivity index (χ4v) is 4.97. The van der Waals surface area contributed by atoms with Crippen molar-refractivity contribution in [2.75, 3.05) is 7.05 Å². The van der Waals surface area contributed by atoms with Gasteiger partial charge in [-0.15, -0.1) is 0 Å². The Morgan fingerprint density at radius 2 is 1.56 bits per heavy atom. The summed E-state index contributed by atoms with van der Waals surface area (Å²) in [7, 11) is 2.12. The van der Waals surface area contributed by atoms with Crippen molar-refractivity contribution < 1.29 is 0 Å². The third-order valence-corrected chi connectivity index (χ3v) is 6.39. The second-order valence-corrected chi connectivity index (χ2v) is 7.95. The highest BCUT2D eigenvalue weighted by molar-refractivity contribution is 7.80. The Kier molecular flexibility index (Phi) is 4.76. The summed E-state index contributed by atoms with van der Waals surface area (Å²) in [5.41, 5.74) is 2.54. The predicted octanol–water partition coefficient (Wildman–Crippen LogP) is 4.77. The van der Waals surface area contributed by atoms with E-state index in [1.807, 2.05) is 0 Å². The molecular weight excluding hydrogens is 324 g/mol. The monoisotopic (exact) mass is 350 g/mol. The van der Waals surface area contributed by atoms with E-state index in [0.717, 1.165) is 16.9 Å². The van der Waals surface area contributed by atoms with Crippen molar-refractivity contribution in [3.8, 4) is 0 Å². The average molecular weight is 351 g/mol. The molecular formula is C22H26N2S. The Labute approximate surface area is 156 Å². The summed E-state index contributed by atoms with van der Waals surface area (Å²) in [4.78, 5) is 2.23. The van der Waals surface area contributed by atoms with Crippen LogP contribution in [-0.2, 0) is 0 Å². The van der Waals surface area contributed by atoms with Gasteiger partial charge in [0.1, 0.15) is 0 Å². The van der Waals surface area contributed by atoms with Gasteiger partial charge in [-0.2, -0.15) is 0 Å². The largest absolute Gasteiger partial charge is 0.360 e. The minimum absolute atomic E-state index is 0.140. The molecule has 2 aromatic carbocycles. The third-order valence-electron chi connectivity index (χ3n) is 5.99. The first-order valence-corrected chi connectivity index (χ1v) is 9.76. The smallest absolute Gasteiger partial charge is 0.169 e. The number of hydrogen-bond acceptors (Lipinski definition) is 1. The van der Waals surface area contributed by atoms with Gasteiger partial charge in [0.2, 0.25) is 0 Å². The highest BCUT2D eigenvalue weighted by atomic mass is 32.1. The Morgan fingerprint density at radius 1 is 0.960 bits per heavy atom. The van der Waals surface area contributed by atoms with Crippen LogP contribution in [0.5, 0.6) is 0 Å². The highest BCUT2D eigenvalue weighted by Gasteiger charge is 2.40. The summed E-state index contributed by atoms with van der Waals surface area (Å²) in [5, 5.41) is 4.56. The first-order valence-electron chi connectivity index (χ1n) is 9.35. The summed E-state index contributed by atoms with van der Waals surface area (Å²) in [6.07, 6.45) is 5.47. The van der Waals surface area contributed by atoms with Crippen LogP contribution in [0.3, 0.4) is 0 Å².